The Balaban J connectivity index is 2.73. The highest BCUT2D eigenvalue weighted by Gasteiger charge is 1.99. The molecule has 0 aromatic heterocycles. The summed E-state index contributed by atoms with van der Waals surface area (Å²) in [6.45, 7) is 0. The summed E-state index contributed by atoms with van der Waals surface area (Å²) in [5.41, 5.74) is 1.64. The van der Waals surface area contributed by atoms with Gasteiger partial charge in [0.2, 0.25) is 0 Å². The van der Waals surface area contributed by atoms with Gasteiger partial charge in [-0.2, -0.15) is 0 Å². The lowest BCUT2D eigenvalue weighted by atomic mass is 10.1. The van der Waals surface area contributed by atoms with Crippen LogP contribution in [0, 0.1) is 11.8 Å². The molecule has 0 radical (unpaired) electrons. The second-order valence-electron chi connectivity index (χ2n) is 2.98. The zero-order valence-electron chi connectivity index (χ0n) is 8.06. The Morgan fingerprint density at radius 1 is 1.47 bits per heavy atom. The average Bonchev–Trinajstić information content (AvgIpc) is 2.24. The molecule has 0 fully saturated rings. The Morgan fingerprint density at radius 2 is 2.27 bits per heavy atom. The molecule has 15 heavy (non-hydrogen) atoms. The molecule has 1 aromatic rings. The predicted octanol–water partition coefficient (Wildman–Crippen LogP) is 1.25. The van der Waals surface area contributed by atoms with Crippen LogP contribution in [0.15, 0.2) is 24.3 Å². The largest absolute Gasteiger partial charge is 0.481 e. The van der Waals surface area contributed by atoms with E-state index < -0.39 is 5.97 Å². The predicted molar refractivity (Wildman–Crippen MR) is 55.3 cm³/mol. The summed E-state index contributed by atoms with van der Waals surface area (Å²) < 4.78 is 0. The van der Waals surface area contributed by atoms with Crippen molar-refractivity contribution < 1.29 is 14.7 Å². The van der Waals surface area contributed by atoms with Crippen molar-refractivity contribution >= 4 is 12.3 Å². The lowest BCUT2D eigenvalue weighted by molar-refractivity contribution is -0.136. The molecule has 0 aliphatic heterocycles. The van der Waals surface area contributed by atoms with E-state index in [0.717, 1.165) is 11.1 Å². The van der Waals surface area contributed by atoms with Crippen LogP contribution in [-0.2, 0) is 16.0 Å². The molecule has 0 unspecified atom stereocenters. The lowest BCUT2D eigenvalue weighted by Gasteiger charge is -1.98. The van der Waals surface area contributed by atoms with Crippen LogP contribution in [0.1, 0.15) is 17.5 Å². The van der Waals surface area contributed by atoms with Gasteiger partial charge >= 0.3 is 5.97 Å². The molecule has 1 aromatic carbocycles. The van der Waals surface area contributed by atoms with Crippen LogP contribution < -0.4 is 0 Å². The third-order valence-corrected chi connectivity index (χ3v) is 1.83. The number of aryl methyl sites for hydroxylation is 1. The summed E-state index contributed by atoms with van der Waals surface area (Å²) in [6, 6.07) is 7.21. The van der Waals surface area contributed by atoms with E-state index in [1.165, 1.54) is 0 Å². The molecule has 0 saturated heterocycles. The van der Waals surface area contributed by atoms with Gasteiger partial charge in [-0.1, -0.05) is 18.1 Å². The Labute approximate surface area is 87.7 Å². The first-order valence-electron chi connectivity index (χ1n) is 4.48. The summed E-state index contributed by atoms with van der Waals surface area (Å²) in [7, 11) is 0. The van der Waals surface area contributed by atoms with Crippen molar-refractivity contribution in [3.05, 3.63) is 35.4 Å². The summed E-state index contributed by atoms with van der Waals surface area (Å²) in [6.07, 6.45) is 1.11. The quantitative estimate of drug-likeness (QED) is 0.593. The van der Waals surface area contributed by atoms with Crippen LogP contribution in [-0.4, -0.2) is 17.4 Å². The zero-order valence-corrected chi connectivity index (χ0v) is 8.06. The Hall–Kier alpha value is -2.08. The maximum Gasteiger partial charge on any atom is 0.303 e. The Bertz CT molecular complexity index is 424. The van der Waals surface area contributed by atoms with Crippen molar-refractivity contribution in [3.63, 3.8) is 0 Å². The Morgan fingerprint density at radius 3 is 2.93 bits per heavy atom. The minimum absolute atomic E-state index is 0.102. The molecule has 0 spiro atoms. The summed E-state index contributed by atoms with van der Waals surface area (Å²) in [5.74, 6) is 4.15. The first-order chi connectivity index (χ1) is 7.22. The molecule has 0 aliphatic carbocycles. The molecule has 3 heteroatoms. The molecular formula is C12H10O3. The molecule has 0 amide bonds. The number of rotatable bonds is 3. The first kappa shape index (κ1) is 11.0. The monoisotopic (exact) mass is 202 g/mol. The van der Waals surface area contributed by atoms with E-state index in [9.17, 15) is 9.59 Å². The standard InChI is InChI=1S/C12H10O3/c13-8-2-5-10-3-1-4-11(9-10)6-7-12(14)15/h1,3-4,8-9H,6-7H2,(H,14,15). The van der Waals surface area contributed by atoms with Crippen LogP contribution in [0.5, 0.6) is 0 Å². The van der Waals surface area contributed by atoms with Gasteiger partial charge < -0.3 is 5.11 Å². The van der Waals surface area contributed by atoms with Crippen molar-refractivity contribution in [2.75, 3.05) is 0 Å². The van der Waals surface area contributed by atoms with E-state index in [2.05, 4.69) is 11.8 Å². The fourth-order valence-corrected chi connectivity index (χ4v) is 1.17. The van der Waals surface area contributed by atoms with Gasteiger partial charge in [0.15, 0.2) is 6.29 Å². The van der Waals surface area contributed by atoms with E-state index in [0.29, 0.717) is 12.7 Å². The minimum Gasteiger partial charge on any atom is -0.481 e. The fourth-order valence-electron chi connectivity index (χ4n) is 1.17. The molecule has 76 valence electrons. The highest BCUT2D eigenvalue weighted by Crippen LogP contribution is 2.06. The van der Waals surface area contributed by atoms with Gasteiger partial charge in [-0.3, -0.25) is 9.59 Å². The smallest absolute Gasteiger partial charge is 0.303 e. The third kappa shape index (κ3) is 4.10. The number of hydrogen-bond acceptors (Lipinski definition) is 2. The molecule has 0 saturated carbocycles. The van der Waals surface area contributed by atoms with Crippen molar-refractivity contribution in [2.45, 2.75) is 12.8 Å². The van der Waals surface area contributed by atoms with E-state index in [1.807, 2.05) is 6.07 Å². The Kier molecular flexibility index (Phi) is 4.11. The molecular weight excluding hydrogens is 192 g/mol. The van der Waals surface area contributed by atoms with Crippen molar-refractivity contribution in [3.8, 4) is 11.8 Å². The fraction of sp³-hybridized carbons (Fsp3) is 0.167. The van der Waals surface area contributed by atoms with Crippen molar-refractivity contribution in [1.29, 1.82) is 0 Å². The molecule has 0 bridgehead atoms. The van der Waals surface area contributed by atoms with Gasteiger partial charge in [0.05, 0.1) is 0 Å². The molecule has 1 rings (SSSR count). The number of carbonyl (C=O) groups excluding carboxylic acids is 1. The van der Waals surface area contributed by atoms with Gasteiger partial charge in [0.25, 0.3) is 0 Å². The van der Waals surface area contributed by atoms with Gasteiger partial charge in [0, 0.05) is 12.0 Å². The van der Waals surface area contributed by atoms with Crippen LogP contribution in [0.3, 0.4) is 0 Å². The lowest BCUT2D eigenvalue weighted by Crippen LogP contribution is -1.97. The second kappa shape index (κ2) is 5.61. The van der Waals surface area contributed by atoms with Crippen LogP contribution >= 0.6 is 0 Å². The van der Waals surface area contributed by atoms with Crippen LogP contribution in [0.25, 0.3) is 0 Å². The molecule has 3 nitrogen and oxygen atoms in total. The first-order valence-corrected chi connectivity index (χ1v) is 4.48. The van der Waals surface area contributed by atoms with Gasteiger partial charge in [-0.05, 0) is 30.0 Å². The van der Waals surface area contributed by atoms with Crippen LogP contribution in [0.4, 0.5) is 0 Å². The van der Waals surface area contributed by atoms with Crippen molar-refractivity contribution in [2.24, 2.45) is 0 Å². The highest BCUT2D eigenvalue weighted by atomic mass is 16.4. The molecule has 0 atom stereocenters. The molecule has 1 N–H and O–H groups in total. The zero-order chi connectivity index (χ0) is 11.1. The summed E-state index contributed by atoms with van der Waals surface area (Å²) >= 11 is 0. The number of aliphatic carboxylic acids is 1. The summed E-state index contributed by atoms with van der Waals surface area (Å²) in [5, 5.41) is 8.51. The number of hydrogen-bond donors (Lipinski definition) is 1. The third-order valence-electron chi connectivity index (χ3n) is 1.83. The van der Waals surface area contributed by atoms with E-state index in [-0.39, 0.29) is 6.42 Å². The summed E-state index contributed by atoms with van der Waals surface area (Å²) in [4.78, 5) is 20.4. The van der Waals surface area contributed by atoms with Gasteiger partial charge in [0.1, 0.15) is 0 Å². The molecule has 0 aliphatic rings. The van der Waals surface area contributed by atoms with E-state index in [4.69, 9.17) is 5.11 Å². The maximum atomic E-state index is 10.4. The van der Waals surface area contributed by atoms with Crippen LogP contribution in [0.2, 0.25) is 0 Å². The average molecular weight is 202 g/mol. The minimum atomic E-state index is -0.820. The normalized spacial score (nSPS) is 8.80. The van der Waals surface area contributed by atoms with E-state index >= 15 is 0 Å². The van der Waals surface area contributed by atoms with Gasteiger partial charge in [-0.25, -0.2) is 0 Å². The highest BCUT2D eigenvalue weighted by molar-refractivity contribution is 5.74. The van der Waals surface area contributed by atoms with Crippen molar-refractivity contribution in [1.82, 2.24) is 0 Å². The maximum absolute atomic E-state index is 10.4. The number of benzene rings is 1. The number of carbonyl (C=O) groups is 2. The van der Waals surface area contributed by atoms with Gasteiger partial charge in [-0.15, -0.1) is 0 Å². The number of carboxylic acid groups (broad SMARTS) is 1. The number of carboxylic acids is 1. The molecule has 0 heterocycles. The topological polar surface area (TPSA) is 54.4 Å². The SMILES string of the molecule is O=CC#Cc1cccc(CCC(=O)O)c1. The van der Waals surface area contributed by atoms with E-state index in [1.54, 1.807) is 18.2 Å². The second-order valence-corrected chi connectivity index (χ2v) is 2.98. The number of aldehydes is 1.